The fourth-order valence-corrected chi connectivity index (χ4v) is 6.17. The van der Waals surface area contributed by atoms with Crippen molar-refractivity contribution in [3.05, 3.63) is 62.7 Å². The number of hydrogen-bond donors (Lipinski definition) is 4. The summed E-state index contributed by atoms with van der Waals surface area (Å²) in [5.41, 5.74) is 1.91. The quantitative estimate of drug-likeness (QED) is 0.229. The van der Waals surface area contributed by atoms with Gasteiger partial charge in [-0.05, 0) is 76.9 Å². The third kappa shape index (κ3) is 8.18. The van der Waals surface area contributed by atoms with Gasteiger partial charge in [0, 0.05) is 31.7 Å². The first kappa shape index (κ1) is 33.0. The van der Waals surface area contributed by atoms with Crippen molar-refractivity contribution >= 4 is 34.4 Å². The highest BCUT2D eigenvalue weighted by atomic mass is 127. The number of halogens is 1. The minimum Gasteiger partial charge on any atom is -0.497 e. The average Bonchev–Trinajstić information content (AvgIpc) is 3.57. The Morgan fingerprint density at radius 2 is 1.95 bits per heavy atom. The van der Waals surface area contributed by atoms with Gasteiger partial charge in [-0.2, -0.15) is 0 Å². The zero-order valence-electron chi connectivity index (χ0n) is 24.3. The lowest BCUT2D eigenvalue weighted by atomic mass is 9.87. The smallest absolute Gasteiger partial charge is 0.247 e. The third-order valence-electron chi connectivity index (χ3n) is 7.68. The van der Waals surface area contributed by atoms with Crippen LogP contribution in [0.15, 0.2) is 48.0 Å². The molecule has 2 aromatic carbocycles. The lowest BCUT2D eigenvalue weighted by molar-refractivity contribution is -0.142. The van der Waals surface area contributed by atoms with Gasteiger partial charge in [-0.15, -0.1) is 0 Å². The van der Waals surface area contributed by atoms with Gasteiger partial charge in [0.25, 0.3) is 0 Å². The van der Waals surface area contributed by atoms with Crippen molar-refractivity contribution in [3.8, 4) is 17.2 Å². The second-order valence-corrected chi connectivity index (χ2v) is 11.6. The van der Waals surface area contributed by atoms with E-state index in [1.54, 1.807) is 30.2 Å². The fourth-order valence-electron chi connectivity index (χ4n) is 5.38. The van der Waals surface area contributed by atoms with E-state index in [0.717, 1.165) is 5.56 Å². The first-order valence-corrected chi connectivity index (χ1v) is 15.3. The number of nitrogens with zero attached hydrogens (tertiary/aromatic N) is 1. The molecule has 0 aromatic heterocycles. The van der Waals surface area contributed by atoms with Gasteiger partial charge in [0.05, 0.1) is 49.6 Å². The molecule has 4 rings (SSSR count). The van der Waals surface area contributed by atoms with Crippen molar-refractivity contribution in [3.63, 3.8) is 0 Å². The van der Waals surface area contributed by atoms with Gasteiger partial charge in [0.2, 0.25) is 11.8 Å². The molecule has 0 spiro atoms. The van der Waals surface area contributed by atoms with Crippen LogP contribution in [0.5, 0.6) is 17.2 Å². The highest BCUT2D eigenvalue weighted by molar-refractivity contribution is 14.1. The number of aliphatic hydroxyl groups is 3. The van der Waals surface area contributed by atoms with Gasteiger partial charge in [0.15, 0.2) is 11.5 Å². The number of hydrogen-bond acceptors (Lipinski definition) is 9. The van der Waals surface area contributed by atoms with Gasteiger partial charge in [-0.25, -0.2) is 0 Å². The number of rotatable bonds is 13. The molecule has 0 saturated carbocycles. The monoisotopic (exact) mass is 710 g/mol. The Kier molecular flexibility index (Phi) is 12.1. The fraction of sp³-hybridized carbons (Fsp3) is 0.484. The minimum absolute atomic E-state index is 0.0567. The number of carbonyl (C=O) groups is 2. The van der Waals surface area contributed by atoms with E-state index in [2.05, 4.69) is 27.9 Å². The highest BCUT2D eigenvalue weighted by Crippen LogP contribution is 2.37. The molecule has 1 fully saturated rings. The number of ether oxygens (including phenoxy) is 4. The molecule has 12 heteroatoms. The Labute approximate surface area is 264 Å². The normalized spacial score (nSPS) is 21.6. The molecule has 2 aliphatic rings. The summed E-state index contributed by atoms with van der Waals surface area (Å²) in [6, 6.07) is 10.2. The first-order valence-electron chi connectivity index (χ1n) is 14.2. The Hall–Kier alpha value is -2.91. The first-order chi connectivity index (χ1) is 20.8. The van der Waals surface area contributed by atoms with Crippen molar-refractivity contribution in [1.29, 1.82) is 0 Å². The van der Waals surface area contributed by atoms with Crippen molar-refractivity contribution in [2.24, 2.45) is 5.92 Å². The van der Waals surface area contributed by atoms with E-state index in [1.165, 1.54) is 7.11 Å². The molecule has 1 heterocycles. The standard InChI is InChI=1S/C31H39IN2O9/c1-40-23-5-3-4-19(12-23)6-9-34(31(39)21-7-11-42-18-21)25-15-22(30(38)33-8-10-35)16-26(28(25)37)43-29-24(32)13-20(17-36)14-27(29)41-2/h3-5,12-14,16,21,25-26,28,35-37H,6-11,15,17-18H2,1-2H3,(H,33,38). The van der Waals surface area contributed by atoms with E-state index < -0.39 is 24.2 Å². The summed E-state index contributed by atoms with van der Waals surface area (Å²) in [7, 11) is 3.07. The SMILES string of the molecule is COc1cccc(CCN(C(=O)C2CCOC2)C2CC(C(=O)NCCO)=CC(Oc3c(I)cc(CO)cc3OC)C2O)c1. The van der Waals surface area contributed by atoms with Gasteiger partial charge in [-0.3, -0.25) is 9.59 Å². The van der Waals surface area contributed by atoms with Crippen LogP contribution in [0.2, 0.25) is 0 Å². The number of aliphatic hydroxyl groups excluding tert-OH is 3. The summed E-state index contributed by atoms with van der Waals surface area (Å²) in [5.74, 6) is 0.475. The summed E-state index contributed by atoms with van der Waals surface area (Å²) in [4.78, 5) is 28.8. The molecule has 4 unspecified atom stereocenters. The van der Waals surface area contributed by atoms with Crippen molar-refractivity contribution in [1.82, 2.24) is 10.2 Å². The molecule has 0 bridgehead atoms. The van der Waals surface area contributed by atoms with Gasteiger partial charge < -0.3 is 44.5 Å². The average molecular weight is 711 g/mol. The Balaban J connectivity index is 1.69. The van der Waals surface area contributed by atoms with Crippen LogP contribution in [0.3, 0.4) is 0 Å². The molecule has 1 aliphatic carbocycles. The van der Waals surface area contributed by atoms with Gasteiger partial charge >= 0.3 is 0 Å². The van der Waals surface area contributed by atoms with E-state index in [9.17, 15) is 24.9 Å². The minimum atomic E-state index is -1.19. The van der Waals surface area contributed by atoms with Crippen LogP contribution in [0.4, 0.5) is 0 Å². The number of benzene rings is 2. The molecule has 2 aromatic rings. The third-order valence-corrected chi connectivity index (χ3v) is 8.48. The Morgan fingerprint density at radius 1 is 1.14 bits per heavy atom. The van der Waals surface area contributed by atoms with Crippen LogP contribution in [0.1, 0.15) is 24.0 Å². The molecular formula is C31H39IN2O9. The topological polar surface area (TPSA) is 147 Å². The number of nitrogens with one attached hydrogen (secondary N) is 1. The second-order valence-electron chi connectivity index (χ2n) is 10.5. The van der Waals surface area contributed by atoms with Crippen LogP contribution >= 0.6 is 22.6 Å². The highest BCUT2D eigenvalue weighted by Gasteiger charge is 2.42. The van der Waals surface area contributed by atoms with Gasteiger partial charge in [0.1, 0.15) is 18.0 Å². The zero-order chi connectivity index (χ0) is 30.9. The lowest BCUT2D eigenvalue weighted by Gasteiger charge is -2.41. The summed E-state index contributed by atoms with van der Waals surface area (Å²) < 4.78 is 23.4. The molecule has 2 amide bonds. The number of amides is 2. The van der Waals surface area contributed by atoms with Crippen LogP contribution in [-0.4, -0.2) is 97.4 Å². The van der Waals surface area contributed by atoms with Gasteiger partial charge in [-0.1, -0.05) is 12.1 Å². The molecular weight excluding hydrogens is 671 g/mol. The molecule has 11 nitrogen and oxygen atoms in total. The maximum absolute atomic E-state index is 13.9. The van der Waals surface area contributed by atoms with E-state index in [1.807, 2.05) is 24.3 Å². The van der Waals surface area contributed by atoms with Crippen LogP contribution in [0.25, 0.3) is 0 Å². The summed E-state index contributed by atoms with van der Waals surface area (Å²) in [6.07, 6.45) is 0.519. The van der Waals surface area contributed by atoms with Crippen LogP contribution in [0, 0.1) is 9.49 Å². The van der Waals surface area contributed by atoms with Crippen molar-refractivity contribution in [2.45, 2.75) is 44.1 Å². The van der Waals surface area contributed by atoms with E-state index in [4.69, 9.17) is 18.9 Å². The molecule has 4 atom stereocenters. The summed E-state index contributed by atoms with van der Waals surface area (Å²) in [6.45, 7) is 0.699. The summed E-state index contributed by atoms with van der Waals surface area (Å²) >= 11 is 2.06. The number of methoxy groups -OCH3 is 2. The van der Waals surface area contributed by atoms with E-state index >= 15 is 0 Å². The Morgan fingerprint density at radius 3 is 2.63 bits per heavy atom. The second kappa shape index (κ2) is 15.7. The van der Waals surface area contributed by atoms with Crippen LogP contribution < -0.4 is 19.5 Å². The maximum Gasteiger partial charge on any atom is 0.247 e. The van der Waals surface area contributed by atoms with Crippen molar-refractivity contribution in [2.75, 3.05) is 47.1 Å². The predicted octanol–water partition coefficient (Wildman–Crippen LogP) is 1.82. The van der Waals surface area contributed by atoms with Crippen molar-refractivity contribution < 1.29 is 43.9 Å². The van der Waals surface area contributed by atoms with E-state index in [0.29, 0.717) is 58.0 Å². The maximum atomic E-state index is 13.9. The molecule has 234 valence electrons. The zero-order valence-corrected chi connectivity index (χ0v) is 26.5. The molecule has 4 N–H and O–H groups in total. The molecule has 43 heavy (non-hydrogen) atoms. The molecule has 0 radical (unpaired) electrons. The summed E-state index contributed by atoms with van der Waals surface area (Å²) in [5, 5.41) is 33.4. The number of carbonyl (C=O) groups excluding carboxylic acids is 2. The Bertz CT molecular complexity index is 1300. The van der Waals surface area contributed by atoms with Crippen LogP contribution in [-0.2, 0) is 27.4 Å². The molecule has 1 aliphatic heterocycles. The molecule has 1 saturated heterocycles. The lowest BCUT2D eigenvalue weighted by Crippen LogP contribution is -2.56. The largest absolute Gasteiger partial charge is 0.497 e. The van der Waals surface area contributed by atoms with E-state index in [-0.39, 0.29) is 44.5 Å². The predicted molar refractivity (Wildman–Crippen MR) is 166 cm³/mol.